The summed E-state index contributed by atoms with van der Waals surface area (Å²) < 4.78 is 6.34. The average molecular weight is 375 g/mol. The Morgan fingerprint density at radius 2 is 1.85 bits per heavy atom. The normalized spacial score (nSPS) is 51.1. The Balaban J connectivity index is 1.65. The molecule has 4 rings (SSSR count). The number of allylic oxidation sites excluding steroid dienone is 2. The van der Waals surface area contributed by atoms with E-state index in [9.17, 15) is 5.11 Å². The van der Waals surface area contributed by atoms with Crippen molar-refractivity contribution >= 4 is 0 Å². The minimum atomic E-state index is -0.465. The average Bonchev–Trinajstić information content (AvgIpc) is 2.96. The molecule has 2 nitrogen and oxygen atoms in total. The van der Waals surface area contributed by atoms with Gasteiger partial charge in [0.15, 0.2) is 0 Å². The molecule has 4 saturated carbocycles. The van der Waals surface area contributed by atoms with E-state index in [1.54, 1.807) is 5.57 Å². The van der Waals surface area contributed by atoms with Crippen molar-refractivity contribution in [3.63, 3.8) is 0 Å². The molecule has 0 aromatic carbocycles. The van der Waals surface area contributed by atoms with Crippen molar-refractivity contribution in [2.75, 3.05) is 6.61 Å². The van der Waals surface area contributed by atoms with Gasteiger partial charge in [0.1, 0.15) is 0 Å². The molecule has 154 valence electrons. The van der Waals surface area contributed by atoms with Gasteiger partial charge in [-0.2, -0.15) is 0 Å². The van der Waals surface area contributed by atoms with Gasteiger partial charge in [-0.15, -0.1) is 0 Å². The number of ether oxygens (including phenoxy) is 1. The lowest BCUT2D eigenvalue weighted by Gasteiger charge is -2.62. The maximum absolute atomic E-state index is 10.8. The summed E-state index contributed by atoms with van der Waals surface area (Å²) in [5.74, 6) is 3.20. The van der Waals surface area contributed by atoms with Gasteiger partial charge in [-0.05, 0) is 120 Å². The summed E-state index contributed by atoms with van der Waals surface area (Å²) in [5, 5.41) is 10.8. The highest BCUT2D eigenvalue weighted by atomic mass is 16.5. The second-order valence-corrected chi connectivity index (χ2v) is 11.3. The molecule has 0 radical (unpaired) electrons. The van der Waals surface area contributed by atoms with Crippen LogP contribution in [0.25, 0.3) is 0 Å². The quantitative estimate of drug-likeness (QED) is 0.602. The summed E-state index contributed by atoms with van der Waals surface area (Å²) in [4.78, 5) is 0. The van der Waals surface area contributed by atoms with Crippen LogP contribution >= 0.6 is 0 Å². The summed E-state index contributed by atoms with van der Waals surface area (Å²) in [5.41, 5.74) is 2.05. The lowest BCUT2D eigenvalue weighted by molar-refractivity contribution is -0.178. The van der Waals surface area contributed by atoms with Gasteiger partial charge in [0.2, 0.25) is 0 Å². The second kappa shape index (κ2) is 6.87. The highest BCUT2D eigenvalue weighted by Gasteiger charge is 2.61. The molecule has 0 saturated heterocycles. The Morgan fingerprint density at radius 1 is 1.07 bits per heavy atom. The van der Waals surface area contributed by atoms with Gasteiger partial charge in [0.25, 0.3) is 0 Å². The topological polar surface area (TPSA) is 29.5 Å². The first-order chi connectivity index (χ1) is 12.7. The standard InChI is InChI=1S/C25H42O2/c1-6-18-8-10-21-20-9-7-19-15-23(4,26)13-14-25(19,16-27-17(2)3)22(20)11-12-24(18,21)5/h6,17,19-22,26H,7-16H2,1-5H3/b18-6-/t19-,20+,21+,22+,23-,24-,25-/m1/s1. The summed E-state index contributed by atoms with van der Waals surface area (Å²) in [6, 6.07) is 0. The second-order valence-electron chi connectivity index (χ2n) is 11.3. The van der Waals surface area contributed by atoms with Crippen LogP contribution < -0.4 is 0 Å². The van der Waals surface area contributed by atoms with Crippen molar-refractivity contribution in [1.82, 2.24) is 0 Å². The zero-order valence-corrected chi connectivity index (χ0v) is 18.4. The van der Waals surface area contributed by atoms with Crippen molar-refractivity contribution in [1.29, 1.82) is 0 Å². The minimum Gasteiger partial charge on any atom is -0.390 e. The zero-order valence-electron chi connectivity index (χ0n) is 18.4. The van der Waals surface area contributed by atoms with E-state index in [0.29, 0.717) is 22.9 Å². The highest BCUT2D eigenvalue weighted by Crippen LogP contribution is 2.68. The smallest absolute Gasteiger partial charge is 0.0622 e. The van der Waals surface area contributed by atoms with Crippen LogP contribution in [-0.2, 0) is 4.74 Å². The van der Waals surface area contributed by atoms with Gasteiger partial charge in [-0.1, -0.05) is 18.6 Å². The molecule has 0 aliphatic heterocycles. The third kappa shape index (κ3) is 3.14. The third-order valence-electron chi connectivity index (χ3n) is 9.53. The largest absolute Gasteiger partial charge is 0.390 e. The monoisotopic (exact) mass is 374 g/mol. The molecule has 27 heavy (non-hydrogen) atoms. The fourth-order valence-electron chi connectivity index (χ4n) is 8.16. The van der Waals surface area contributed by atoms with Crippen LogP contribution in [-0.4, -0.2) is 23.4 Å². The molecule has 0 unspecified atom stereocenters. The van der Waals surface area contributed by atoms with Gasteiger partial charge in [0, 0.05) is 0 Å². The number of fused-ring (bicyclic) bond motifs is 5. The van der Waals surface area contributed by atoms with Crippen molar-refractivity contribution in [3.8, 4) is 0 Å². The zero-order chi connectivity index (χ0) is 19.4. The van der Waals surface area contributed by atoms with Crippen LogP contribution in [0.1, 0.15) is 92.4 Å². The predicted molar refractivity (Wildman–Crippen MR) is 112 cm³/mol. The highest BCUT2D eigenvalue weighted by molar-refractivity contribution is 5.24. The Morgan fingerprint density at radius 3 is 2.56 bits per heavy atom. The Bertz CT molecular complexity index is 587. The first-order valence-corrected chi connectivity index (χ1v) is 11.7. The summed E-state index contributed by atoms with van der Waals surface area (Å²) in [7, 11) is 0. The number of hydrogen-bond acceptors (Lipinski definition) is 2. The molecule has 2 heteroatoms. The molecule has 4 aliphatic carbocycles. The van der Waals surface area contributed by atoms with Crippen molar-refractivity contribution in [2.24, 2.45) is 34.5 Å². The fourth-order valence-corrected chi connectivity index (χ4v) is 8.16. The molecular formula is C25H42O2. The van der Waals surface area contributed by atoms with Crippen molar-refractivity contribution in [3.05, 3.63) is 11.6 Å². The fraction of sp³-hybridized carbons (Fsp3) is 0.920. The van der Waals surface area contributed by atoms with Crippen LogP contribution in [0.15, 0.2) is 11.6 Å². The summed E-state index contributed by atoms with van der Waals surface area (Å²) >= 11 is 0. The molecule has 0 spiro atoms. The van der Waals surface area contributed by atoms with Crippen molar-refractivity contribution in [2.45, 2.75) is 104 Å². The summed E-state index contributed by atoms with van der Waals surface area (Å²) in [6.45, 7) is 12.2. The molecule has 0 bridgehead atoms. The molecule has 4 aliphatic rings. The Labute approximate surface area is 167 Å². The Kier molecular flexibility index (Phi) is 5.08. The van der Waals surface area contributed by atoms with E-state index in [-0.39, 0.29) is 0 Å². The van der Waals surface area contributed by atoms with E-state index in [2.05, 4.69) is 40.7 Å². The summed E-state index contributed by atoms with van der Waals surface area (Å²) in [6.07, 6.45) is 14.0. The van der Waals surface area contributed by atoms with E-state index >= 15 is 0 Å². The van der Waals surface area contributed by atoms with Crippen LogP contribution in [0.5, 0.6) is 0 Å². The van der Waals surface area contributed by atoms with Gasteiger partial charge in [0.05, 0.1) is 18.3 Å². The number of rotatable bonds is 3. The molecule has 0 amide bonds. The first kappa shape index (κ1) is 20.0. The van der Waals surface area contributed by atoms with Gasteiger partial charge < -0.3 is 9.84 Å². The molecule has 0 heterocycles. The number of aliphatic hydroxyl groups is 1. The Hall–Kier alpha value is -0.340. The minimum absolute atomic E-state index is 0.304. The first-order valence-electron chi connectivity index (χ1n) is 11.7. The van der Waals surface area contributed by atoms with Crippen LogP contribution in [0.3, 0.4) is 0 Å². The molecule has 4 fully saturated rings. The number of hydrogen-bond donors (Lipinski definition) is 1. The lowest BCUT2D eigenvalue weighted by atomic mass is 9.44. The van der Waals surface area contributed by atoms with Gasteiger partial charge >= 0.3 is 0 Å². The van der Waals surface area contributed by atoms with E-state index in [1.165, 1.54) is 44.9 Å². The molecule has 0 aromatic heterocycles. The van der Waals surface area contributed by atoms with E-state index in [4.69, 9.17) is 4.74 Å². The molecule has 7 atom stereocenters. The van der Waals surface area contributed by atoms with Crippen molar-refractivity contribution < 1.29 is 9.84 Å². The van der Waals surface area contributed by atoms with Gasteiger partial charge in [-0.3, -0.25) is 0 Å². The van der Waals surface area contributed by atoms with E-state index in [1.807, 2.05) is 0 Å². The molecule has 1 N–H and O–H groups in total. The maximum Gasteiger partial charge on any atom is 0.0622 e. The van der Waals surface area contributed by atoms with Crippen LogP contribution in [0.2, 0.25) is 0 Å². The van der Waals surface area contributed by atoms with E-state index < -0.39 is 5.60 Å². The van der Waals surface area contributed by atoms with E-state index in [0.717, 1.165) is 37.2 Å². The van der Waals surface area contributed by atoms with Gasteiger partial charge in [-0.25, -0.2) is 0 Å². The predicted octanol–water partition coefficient (Wildman–Crippen LogP) is 6.13. The van der Waals surface area contributed by atoms with Crippen LogP contribution in [0.4, 0.5) is 0 Å². The molecule has 0 aromatic rings. The third-order valence-corrected chi connectivity index (χ3v) is 9.53. The maximum atomic E-state index is 10.8. The van der Waals surface area contributed by atoms with Crippen LogP contribution in [0, 0.1) is 34.5 Å². The SMILES string of the molecule is C/C=C1/CC[C@H]2[C@@H]3CC[C@@H]4C[C@](C)(O)CC[C@]4(COC(C)C)[C@H]3CC[C@]12C. The molecular weight excluding hydrogens is 332 g/mol. The lowest BCUT2D eigenvalue weighted by Crippen LogP contribution is -2.58.